The van der Waals surface area contributed by atoms with Gasteiger partial charge in [-0.05, 0) is 49.6 Å². The fraction of sp³-hybridized carbons (Fsp3) is 0.333. The summed E-state index contributed by atoms with van der Waals surface area (Å²) >= 11 is 0. The number of aromatic nitrogens is 2. The Kier molecular flexibility index (Phi) is 5.34. The van der Waals surface area contributed by atoms with Crippen molar-refractivity contribution >= 4 is 11.6 Å². The summed E-state index contributed by atoms with van der Waals surface area (Å²) in [7, 11) is 0. The van der Waals surface area contributed by atoms with Crippen LogP contribution in [0.4, 0.5) is 5.69 Å². The average molecular weight is 288 g/mol. The number of amides is 1. The van der Waals surface area contributed by atoms with Crippen LogP contribution in [-0.2, 0) is 0 Å². The van der Waals surface area contributed by atoms with Gasteiger partial charge in [0.25, 0.3) is 5.91 Å². The SMILES string of the molecule is Nc1ccc(-n2ccc(C(=O)NCCCCCO)n2)cc1. The van der Waals surface area contributed by atoms with Crippen LogP contribution in [0.1, 0.15) is 29.8 Å². The minimum atomic E-state index is -0.187. The molecule has 1 aromatic carbocycles. The smallest absolute Gasteiger partial charge is 0.271 e. The lowest BCUT2D eigenvalue weighted by Crippen LogP contribution is -2.25. The van der Waals surface area contributed by atoms with Crippen molar-refractivity contribution < 1.29 is 9.90 Å². The van der Waals surface area contributed by atoms with E-state index in [1.54, 1.807) is 29.1 Å². The third kappa shape index (κ3) is 4.32. The van der Waals surface area contributed by atoms with E-state index in [2.05, 4.69) is 10.4 Å². The largest absolute Gasteiger partial charge is 0.399 e. The van der Waals surface area contributed by atoms with E-state index >= 15 is 0 Å². The van der Waals surface area contributed by atoms with Crippen molar-refractivity contribution in [1.29, 1.82) is 0 Å². The number of aliphatic hydroxyl groups excluding tert-OH is 1. The first-order valence-electron chi connectivity index (χ1n) is 7.01. The number of carbonyl (C=O) groups is 1. The van der Waals surface area contributed by atoms with Gasteiger partial charge in [0.1, 0.15) is 0 Å². The predicted octanol–water partition coefficient (Wildman–Crippen LogP) is 1.35. The summed E-state index contributed by atoms with van der Waals surface area (Å²) in [6.07, 6.45) is 4.26. The normalized spacial score (nSPS) is 10.5. The molecule has 6 nitrogen and oxygen atoms in total. The van der Waals surface area contributed by atoms with Gasteiger partial charge in [0.05, 0.1) is 5.69 Å². The molecular formula is C15H20N4O2. The topological polar surface area (TPSA) is 93.2 Å². The second kappa shape index (κ2) is 7.44. The number of rotatable bonds is 7. The van der Waals surface area contributed by atoms with Crippen LogP contribution >= 0.6 is 0 Å². The maximum atomic E-state index is 11.9. The number of anilines is 1. The number of aliphatic hydroxyl groups is 1. The molecule has 21 heavy (non-hydrogen) atoms. The van der Waals surface area contributed by atoms with Crippen LogP contribution in [0.25, 0.3) is 5.69 Å². The van der Waals surface area contributed by atoms with Crippen LogP contribution in [0.2, 0.25) is 0 Å². The third-order valence-electron chi connectivity index (χ3n) is 3.10. The molecule has 0 saturated carbocycles. The number of nitrogens with one attached hydrogen (secondary N) is 1. The summed E-state index contributed by atoms with van der Waals surface area (Å²) < 4.78 is 1.64. The number of benzene rings is 1. The summed E-state index contributed by atoms with van der Waals surface area (Å²) in [4.78, 5) is 11.9. The average Bonchev–Trinajstić information content (AvgIpc) is 2.97. The van der Waals surface area contributed by atoms with E-state index in [9.17, 15) is 4.79 Å². The van der Waals surface area contributed by atoms with Gasteiger partial charge < -0.3 is 16.2 Å². The first-order chi connectivity index (χ1) is 10.2. The highest BCUT2D eigenvalue weighted by Gasteiger charge is 2.09. The van der Waals surface area contributed by atoms with Gasteiger partial charge in [-0.25, -0.2) is 4.68 Å². The van der Waals surface area contributed by atoms with Gasteiger partial charge in [-0.3, -0.25) is 4.79 Å². The van der Waals surface area contributed by atoms with Gasteiger partial charge in [-0.2, -0.15) is 5.10 Å². The fourth-order valence-corrected chi connectivity index (χ4v) is 1.92. The Bertz CT molecular complexity index is 578. The number of nitrogen functional groups attached to an aromatic ring is 1. The van der Waals surface area contributed by atoms with E-state index in [0.29, 0.717) is 17.9 Å². The maximum Gasteiger partial charge on any atom is 0.271 e. The number of nitrogens with two attached hydrogens (primary N) is 1. The van der Waals surface area contributed by atoms with Gasteiger partial charge >= 0.3 is 0 Å². The Morgan fingerprint density at radius 1 is 1.19 bits per heavy atom. The molecule has 112 valence electrons. The van der Waals surface area contributed by atoms with Gasteiger partial charge in [0.2, 0.25) is 0 Å². The Morgan fingerprint density at radius 2 is 1.95 bits per heavy atom. The van der Waals surface area contributed by atoms with Gasteiger partial charge in [0, 0.05) is 25.0 Å². The zero-order chi connectivity index (χ0) is 15.1. The van der Waals surface area contributed by atoms with Crippen LogP contribution in [0.5, 0.6) is 0 Å². The Morgan fingerprint density at radius 3 is 2.67 bits per heavy atom. The highest BCUT2D eigenvalue weighted by Crippen LogP contribution is 2.10. The molecule has 4 N–H and O–H groups in total. The summed E-state index contributed by atoms with van der Waals surface area (Å²) in [5.41, 5.74) is 7.56. The molecule has 1 amide bonds. The van der Waals surface area contributed by atoms with Crippen LogP contribution < -0.4 is 11.1 Å². The highest BCUT2D eigenvalue weighted by molar-refractivity contribution is 5.92. The fourth-order valence-electron chi connectivity index (χ4n) is 1.92. The molecule has 0 unspecified atom stereocenters. The lowest BCUT2D eigenvalue weighted by Gasteiger charge is -2.03. The van der Waals surface area contributed by atoms with Gasteiger partial charge in [-0.15, -0.1) is 0 Å². The van der Waals surface area contributed by atoms with Crippen molar-refractivity contribution in [2.24, 2.45) is 0 Å². The zero-order valence-corrected chi connectivity index (χ0v) is 11.8. The quantitative estimate of drug-likeness (QED) is 0.529. The number of nitrogens with zero attached hydrogens (tertiary/aromatic N) is 2. The van der Waals surface area contributed by atoms with Crippen molar-refractivity contribution in [2.75, 3.05) is 18.9 Å². The summed E-state index contributed by atoms with van der Waals surface area (Å²) in [6, 6.07) is 8.95. The molecule has 0 fully saturated rings. The molecule has 0 aliphatic rings. The molecular weight excluding hydrogens is 268 g/mol. The summed E-state index contributed by atoms with van der Waals surface area (Å²) in [5.74, 6) is -0.187. The second-order valence-corrected chi connectivity index (χ2v) is 4.78. The van der Waals surface area contributed by atoms with E-state index in [1.807, 2.05) is 12.1 Å². The molecule has 0 saturated heterocycles. The molecule has 0 atom stereocenters. The molecule has 6 heteroatoms. The lowest BCUT2D eigenvalue weighted by atomic mass is 10.2. The minimum Gasteiger partial charge on any atom is -0.399 e. The first kappa shape index (κ1) is 15.1. The number of unbranched alkanes of at least 4 members (excludes halogenated alkanes) is 2. The van der Waals surface area contributed by atoms with E-state index in [4.69, 9.17) is 10.8 Å². The van der Waals surface area contributed by atoms with Crippen LogP contribution in [0.3, 0.4) is 0 Å². The molecule has 0 spiro atoms. The van der Waals surface area contributed by atoms with Gasteiger partial charge in [-0.1, -0.05) is 0 Å². The van der Waals surface area contributed by atoms with Crippen molar-refractivity contribution in [3.05, 3.63) is 42.2 Å². The molecule has 0 bridgehead atoms. The third-order valence-corrected chi connectivity index (χ3v) is 3.10. The standard InChI is InChI=1S/C15H20N4O2/c16-12-4-6-13(7-5-12)19-10-8-14(18-19)15(21)17-9-2-1-3-11-20/h4-8,10,20H,1-3,9,11,16H2,(H,17,21). The molecule has 0 aliphatic carbocycles. The van der Waals surface area contributed by atoms with Crippen LogP contribution in [0.15, 0.2) is 36.5 Å². The molecule has 1 aromatic heterocycles. The first-order valence-corrected chi connectivity index (χ1v) is 7.01. The lowest BCUT2D eigenvalue weighted by molar-refractivity contribution is 0.0947. The maximum absolute atomic E-state index is 11.9. The molecule has 2 rings (SSSR count). The molecule has 0 radical (unpaired) electrons. The Balaban J connectivity index is 1.90. The number of hydrogen-bond donors (Lipinski definition) is 3. The number of hydrogen-bond acceptors (Lipinski definition) is 4. The van der Waals surface area contributed by atoms with E-state index in [0.717, 1.165) is 24.9 Å². The van der Waals surface area contributed by atoms with Crippen molar-refractivity contribution in [3.63, 3.8) is 0 Å². The summed E-state index contributed by atoms with van der Waals surface area (Å²) in [6.45, 7) is 0.785. The van der Waals surface area contributed by atoms with E-state index in [1.165, 1.54) is 0 Å². The molecule has 0 aliphatic heterocycles. The van der Waals surface area contributed by atoms with E-state index in [-0.39, 0.29) is 12.5 Å². The molecule has 2 aromatic rings. The van der Waals surface area contributed by atoms with Gasteiger partial charge in [0.15, 0.2) is 5.69 Å². The highest BCUT2D eigenvalue weighted by atomic mass is 16.2. The van der Waals surface area contributed by atoms with Crippen molar-refractivity contribution in [1.82, 2.24) is 15.1 Å². The minimum absolute atomic E-state index is 0.187. The van der Waals surface area contributed by atoms with Crippen LogP contribution in [0, 0.1) is 0 Å². The monoisotopic (exact) mass is 288 g/mol. The second-order valence-electron chi connectivity index (χ2n) is 4.78. The van der Waals surface area contributed by atoms with Crippen molar-refractivity contribution in [2.45, 2.75) is 19.3 Å². The Hall–Kier alpha value is -2.34. The van der Waals surface area contributed by atoms with Crippen molar-refractivity contribution in [3.8, 4) is 5.69 Å². The van der Waals surface area contributed by atoms with E-state index < -0.39 is 0 Å². The molecule has 1 heterocycles. The van der Waals surface area contributed by atoms with Crippen LogP contribution in [-0.4, -0.2) is 33.9 Å². The summed E-state index contributed by atoms with van der Waals surface area (Å²) in [5, 5.41) is 15.7. The number of carbonyl (C=O) groups excluding carboxylic acids is 1. The predicted molar refractivity (Wildman–Crippen MR) is 81.2 cm³/mol. The zero-order valence-electron chi connectivity index (χ0n) is 11.8. The Labute approximate surface area is 123 Å².